The van der Waals surface area contributed by atoms with E-state index in [1.807, 2.05) is 6.07 Å². The van der Waals surface area contributed by atoms with Crippen molar-refractivity contribution in [1.82, 2.24) is 4.90 Å². The summed E-state index contributed by atoms with van der Waals surface area (Å²) in [6.07, 6.45) is 3.74. The summed E-state index contributed by atoms with van der Waals surface area (Å²) in [5.41, 5.74) is 1.29. The van der Waals surface area contributed by atoms with Crippen molar-refractivity contribution in [3.05, 3.63) is 23.8 Å². The molecule has 2 aliphatic heterocycles. The summed E-state index contributed by atoms with van der Waals surface area (Å²) in [6.45, 7) is 5.46. The van der Waals surface area contributed by atoms with Crippen molar-refractivity contribution >= 4 is 0 Å². The Hall–Kier alpha value is -1.22. The first-order chi connectivity index (χ1) is 9.35. The number of benzene rings is 1. The Morgan fingerprint density at radius 3 is 3.11 bits per heavy atom. The van der Waals surface area contributed by atoms with Crippen LogP contribution in [-0.4, -0.2) is 37.7 Å². The lowest BCUT2D eigenvalue weighted by Gasteiger charge is -2.44. The molecule has 1 aromatic carbocycles. The van der Waals surface area contributed by atoms with Gasteiger partial charge in [0.25, 0.3) is 0 Å². The summed E-state index contributed by atoms with van der Waals surface area (Å²) < 4.78 is 11.5. The molecule has 1 fully saturated rings. The Kier molecular flexibility index (Phi) is 3.65. The first-order valence-electron chi connectivity index (χ1n) is 7.39. The van der Waals surface area contributed by atoms with Crippen LogP contribution >= 0.6 is 0 Å². The van der Waals surface area contributed by atoms with Gasteiger partial charge >= 0.3 is 0 Å². The molecule has 3 rings (SSSR count). The SMILES string of the molecule is CCCN1CCC[C@H]2c3c(OC)cccc3OC[C@@H]21. The number of ether oxygens (including phenoxy) is 2. The van der Waals surface area contributed by atoms with Crippen molar-refractivity contribution < 1.29 is 9.47 Å². The molecule has 0 spiro atoms. The lowest BCUT2D eigenvalue weighted by atomic mass is 9.81. The van der Waals surface area contributed by atoms with Crippen LogP contribution in [0.1, 0.15) is 37.7 Å². The third-order valence-electron chi connectivity index (χ3n) is 4.43. The molecule has 2 aliphatic rings. The Bertz CT molecular complexity index is 430. The quantitative estimate of drug-likeness (QED) is 0.834. The minimum atomic E-state index is 0.525. The molecule has 0 unspecified atom stereocenters. The highest BCUT2D eigenvalue weighted by Gasteiger charge is 2.38. The molecule has 1 aromatic rings. The second-order valence-corrected chi connectivity index (χ2v) is 5.54. The normalized spacial score (nSPS) is 26.2. The Balaban J connectivity index is 1.95. The highest BCUT2D eigenvalue weighted by molar-refractivity contribution is 5.49. The fourth-order valence-corrected chi connectivity index (χ4v) is 3.62. The van der Waals surface area contributed by atoms with E-state index in [0.29, 0.717) is 12.0 Å². The molecule has 0 N–H and O–H groups in total. The molecule has 0 radical (unpaired) electrons. The summed E-state index contributed by atoms with van der Waals surface area (Å²) in [4.78, 5) is 2.60. The van der Waals surface area contributed by atoms with Gasteiger partial charge in [-0.1, -0.05) is 13.0 Å². The van der Waals surface area contributed by atoms with E-state index in [1.165, 1.54) is 37.9 Å². The number of hydrogen-bond acceptors (Lipinski definition) is 3. The minimum absolute atomic E-state index is 0.525. The molecule has 0 amide bonds. The van der Waals surface area contributed by atoms with Crippen LogP contribution in [0.5, 0.6) is 11.5 Å². The minimum Gasteiger partial charge on any atom is -0.496 e. The molecular formula is C16H23NO2. The molecule has 104 valence electrons. The molecule has 3 heteroatoms. The Labute approximate surface area is 115 Å². The van der Waals surface area contributed by atoms with E-state index in [-0.39, 0.29) is 0 Å². The lowest BCUT2D eigenvalue weighted by molar-refractivity contribution is 0.0646. The van der Waals surface area contributed by atoms with Gasteiger partial charge in [-0.05, 0) is 44.5 Å². The van der Waals surface area contributed by atoms with Gasteiger partial charge in [0, 0.05) is 11.5 Å². The van der Waals surface area contributed by atoms with E-state index in [4.69, 9.17) is 9.47 Å². The van der Waals surface area contributed by atoms with Gasteiger partial charge < -0.3 is 9.47 Å². The molecular weight excluding hydrogens is 238 g/mol. The van der Waals surface area contributed by atoms with Gasteiger partial charge in [0.05, 0.1) is 13.2 Å². The van der Waals surface area contributed by atoms with Gasteiger partial charge in [-0.15, -0.1) is 0 Å². The molecule has 3 nitrogen and oxygen atoms in total. The van der Waals surface area contributed by atoms with Crippen molar-refractivity contribution in [2.24, 2.45) is 0 Å². The second kappa shape index (κ2) is 5.41. The number of nitrogens with zero attached hydrogens (tertiary/aromatic N) is 1. The maximum Gasteiger partial charge on any atom is 0.126 e. The van der Waals surface area contributed by atoms with Crippen LogP contribution in [0.15, 0.2) is 18.2 Å². The molecule has 0 bridgehead atoms. The number of rotatable bonds is 3. The van der Waals surface area contributed by atoms with E-state index >= 15 is 0 Å². The fourth-order valence-electron chi connectivity index (χ4n) is 3.62. The summed E-state index contributed by atoms with van der Waals surface area (Å²) in [5, 5.41) is 0. The zero-order chi connectivity index (χ0) is 13.2. The monoisotopic (exact) mass is 261 g/mol. The van der Waals surface area contributed by atoms with Crippen LogP contribution in [0, 0.1) is 0 Å². The molecule has 2 heterocycles. The second-order valence-electron chi connectivity index (χ2n) is 5.54. The first kappa shape index (κ1) is 12.8. The zero-order valence-corrected chi connectivity index (χ0v) is 11.9. The van der Waals surface area contributed by atoms with Gasteiger partial charge in [0.15, 0.2) is 0 Å². The maximum absolute atomic E-state index is 5.99. The fraction of sp³-hybridized carbons (Fsp3) is 0.625. The average Bonchev–Trinajstić information content (AvgIpc) is 2.47. The van der Waals surface area contributed by atoms with Gasteiger partial charge in [-0.3, -0.25) is 4.90 Å². The Morgan fingerprint density at radius 2 is 2.32 bits per heavy atom. The molecule has 1 saturated heterocycles. The summed E-state index contributed by atoms with van der Waals surface area (Å²) in [6, 6.07) is 6.68. The molecule has 2 atom stereocenters. The maximum atomic E-state index is 5.99. The van der Waals surface area contributed by atoms with E-state index in [0.717, 1.165) is 18.1 Å². The molecule has 0 aliphatic carbocycles. The summed E-state index contributed by atoms with van der Waals surface area (Å²) >= 11 is 0. The smallest absolute Gasteiger partial charge is 0.126 e. The van der Waals surface area contributed by atoms with Gasteiger partial charge in [0.2, 0.25) is 0 Å². The number of methoxy groups -OCH3 is 1. The van der Waals surface area contributed by atoms with Crippen molar-refractivity contribution in [3.63, 3.8) is 0 Å². The van der Waals surface area contributed by atoms with Crippen LogP contribution in [0.2, 0.25) is 0 Å². The third kappa shape index (κ3) is 2.20. The predicted octanol–water partition coefficient (Wildman–Crippen LogP) is 3.05. The first-order valence-corrected chi connectivity index (χ1v) is 7.39. The van der Waals surface area contributed by atoms with Crippen LogP contribution in [0.4, 0.5) is 0 Å². The van der Waals surface area contributed by atoms with Gasteiger partial charge in [-0.2, -0.15) is 0 Å². The highest BCUT2D eigenvalue weighted by atomic mass is 16.5. The average molecular weight is 261 g/mol. The molecule has 0 saturated carbocycles. The standard InChI is InChI=1S/C16H23NO2/c1-3-9-17-10-5-6-12-13(17)11-19-15-8-4-7-14(18-2)16(12)15/h4,7-8,12-13H,3,5-6,9-11H2,1-2H3/t12-,13+/m1/s1. The van der Waals surface area contributed by atoms with Gasteiger partial charge in [-0.25, -0.2) is 0 Å². The van der Waals surface area contributed by atoms with E-state index in [1.54, 1.807) is 7.11 Å². The zero-order valence-electron chi connectivity index (χ0n) is 11.9. The third-order valence-corrected chi connectivity index (χ3v) is 4.43. The van der Waals surface area contributed by atoms with Gasteiger partial charge in [0.1, 0.15) is 18.1 Å². The van der Waals surface area contributed by atoms with E-state index in [9.17, 15) is 0 Å². The van der Waals surface area contributed by atoms with Crippen molar-refractivity contribution in [3.8, 4) is 11.5 Å². The summed E-state index contributed by atoms with van der Waals surface area (Å²) in [5.74, 6) is 2.59. The number of fused-ring (bicyclic) bond motifs is 3. The highest BCUT2D eigenvalue weighted by Crippen LogP contribution is 2.45. The number of piperidine rings is 1. The predicted molar refractivity (Wildman–Crippen MR) is 76.1 cm³/mol. The van der Waals surface area contributed by atoms with E-state index < -0.39 is 0 Å². The van der Waals surface area contributed by atoms with Crippen molar-refractivity contribution in [2.75, 3.05) is 26.8 Å². The van der Waals surface area contributed by atoms with Crippen molar-refractivity contribution in [2.45, 2.75) is 38.1 Å². The van der Waals surface area contributed by atoms with Crippen LogP contribution < -0.4 is 9.47 Å². The largest absolute Gasteiger partial charge is 0.496 e. The van der Waals surface area contributed by atoms with Crippen molar-refractivity contribution in [1.29, 1.82) is 0 Å². The summed E-state index contributed by atoms with van der Waals surface area (Å²) in [7, 11) is 1.76. The number of likely N-dealkylation sites (tertiary alicyclic amines) is 1. The number of hydrogen-bond donors (Lipinski definition) is 0. The molecule has 19 heavy (non-hydrogen) atoms. The van der Waals surface area contributed by atoms with E-state index in [2.05, 4.69) is 24.0 Å². The van der Waals surface area contributed by atoms with Crippen LogP contribution in [0.25, 0.3) is 0 Å². The topological polar surface area (TPSA) is 21.7 Å². The molecule has 0 aromatic heterocycles. The lowest BCUT2D eigenvalue weighted by Crippen LogP contribution is -2.49. The van der Waals surface area contributed by atoms with Crippen LogP contribution in [-0.2, 0) is 0 Å². The van der Waals surface area contributed by atoms with Crippen LogP contribution in [0.3, 0.4) is 0 Å². The Morgan fingerprint density at radius 1 is 1.42 bits per heavy atom.